The third-order valence-electron chi connectivity index (χ3n) is 2.41. The van der Waals surface area contributed by atoms with Gasteiger partial charge in [-0.3, -0.25) is 0 Å². The average Bonchev–Trinajstić information content (AvgIpc) is 2.38. The summed E-state index contributed by atoms with van der Waals surface area (Å²) in [6.45, 7) is 0.399. The summed E-state index contributed by atoms with van der Waals surface area (Å²) in [4.78, 5) is 0.408. The number of anilines is 1. The van der Waals surface area contributed by atoms with Crippen molar-refractivity contribution in [3.8, 4) is 5.75 Å². The van der Waals surface area contributed by atoms with Crippen LogP contribution in [0.5, 0.6) is 5.75 Å². The lowest BCUT2D eigenvalue weighted by molar-refractivity contribution is 0.346. The number of nitrogen functional groups attached to an aromatic ring is 1. The van der Waals surface area contributed by atoms with Crippen molar-refractivity contribution in [2.75, 3.05) is 18.1 Å². The summed E-state index contributed by atoms with van der Waals surface area (Å²) < 4.78 is 31.5. The van der Waals surface area contributed by atoms with E-state index >= 15 is 0 Å². The summed E-state index contributed by atoms with van der Waals surface area (Å²) in [6.07, 6.45) is 0. The van der Waals surface area contributed by atoms with Crippen LogP contribution in [0.2, 0.25) is 0 Å². The highest BCUT2D eigenvalue weighted by atomic mass is 32.2. The zero-order chi connectivity index (χ0) is 13.7. The second-order valence-corrected chi connectivity index (χ2v) is 4.95. The molecule has 0 aliphatic heterocycles. The van der Waals surface area contributed by atoms with Crippen LogP contribution in [0.15, 0.2) is 47.4 Å². The first-order valence-electron chi connectivity index (χ1n) is 5.72. The van der Waals surface area contributed by atoms with Crippen molar-refractivity contribution >= 4 is 17.4 Å². The summed E-state index contributed by atoms with van der Waals surface area (Å²) in [5.74, 6) is 0.0405. The van der Waals surface area contributed by atoms with Crippen LogP contribution in [0, 0.1) is 11.6 Å². The molecule has 2 N–H and O–H groups in total. The smallest absolute Gasteiger partial charge is 0.142 e. The summed E-state index contributed by atoms with van der Waals surface area (Å²) in [5.41, 5.74) is 6.29. The SMILES string of the molecule is Nc1ccccc1OCCSc1ccc(F)cc1F. The molecule has 0 fully saturated rings. The minimum Gasteiger partial charge on any atom is -0.491 e. The van der Waals surface area contributed by atoms with Gasteiger partial charge in [0.05, 0.1) is 12.3 Å². The van der Waals surface area contributed by atoms with Crippen molar-refractivity contribution in [3.63, 3.8) is 0 Å². The Balaban J connectivity index is 1.83. The first-order valence-corrected chi connectivity index (χ1v) is 6.70. The number of hydrogen-bond acceptors (Lipinski definition) is 3. The van der Waals surface area contributed by atoms with E-state index in [-0.39, 0.29) is 0 Å². The number of benzene rings is 2. The van der Waals surface area contributed by atoms with Crippen LogP contribution in [-0.4, -0.2) is 12.4 Å². The monoisotopic (exact) mass is 281 g/mol. The van der Waals surface area contributed by atoms with Gasteiger partial charge in [0.15, 0.2) is 0 Å². The predicted octanol–water partition coefficient (Wildman–Crippen LogP) is 3.72. The Morgan fingerprint density at radius 2 is 1.89 bits per heavy atom. The zero-order valence-corrected chi connectivity index (χ0v) is 10.9. The molecule has 0 bridgehead atoms. The van der Waals surface area contributed by atoms with Gasteiger partial charge >= 0.3 is 0 Å². The highest BCUT2D eigenvalue weighted by Gasteiger charge is 2.04. The van der Waals surface area contributed by atoms with Gasteiger partial charge in [0.2, 0.25) is 0 Å². The molecule has 0 saturated carbocycles. The Hall–Kier alpha value is -1.75. The van der Waals surface area contributed by atoms with E-state index < -0.39 is 11.6 Å². The Morgan fingerprint density at radius 1 is 1.11 bits per heavy atom. The number of thioether (sulfide) groups is 1. The van der Waals surface area contributed by atoms with Gasteiger partial charge in [0.1, 0.15) is 17.4 Å². The highest BCUT2D eigenvalue weighted by Crippen LogP contribution is 2.23. The molecule has 2 aromatic rings. The lowest BCUT2D eigenvalue weighted by Gasteiger charge is -2.08. The molecule has 0 heterocycles. The largest absolute Gasteiger partial charge is 0.491 e. The predicted molar refractivity (Wildman–Crippen MR) is 73.4 cm³/mol. The van der Waals surface area contributed by atoms with Gasteiger partial charge < -0.3 is 10.5 Å². The van der Waals surface area contributed by atoms with Crippen LogP contribution in [0.25, 0.3) is 0 Å². The molecule has 2 nitrogen and oxygen atoms in total. The van der Waals surface area contributed by atoms with E-state index in [4.69, 9.17) is 10.5 Å². The van der Waals surface area contributed by atoms with Gasteiger partial charge in [-0.2, -0.15) is 0 Å². The van der Waals surface area contributed by atoms with Gasteiger partial charge in [-0.25, -0.2) is 8.78 Å². The van der Waals surface area contributed by atoms with Crippen LogP contribution in [-0.2, 0) is 0 Å². The minimum atomic E-state index is -0.574. The van der Waals surface area contributed by atoms with Crippen molar-refractivity contribution in [1.29, 1.82) is 0 Å². The third kappa shape index (κ3) is 3.86. The van der Waals surface area contributed by atoms with Crippen molar-refractivity contribution < 1.29 is 13.5 Å². The van der Waals surface area contributed by atoms with E-state index in [0.29, 0.717) is 28.7 Å². The Bertz CT molecular complexity index is 563. The molecular formula is C14H13F2NOS. The molecule has 0 radical (unpaired) electrons. The quantitative estimate of drug-likeness (QED) is 0.515. The molecule has 0 atom stereocenters. The van der Waals surface area contributed by atoms with Crippen LogP contribution in [0.4, 0.5) is 14.5 Å². The summed E-state index contributed by atoms with van der Waals surface area (Å²) in [5, 5.41) is 0. The molecule has 19 heavy (non-hydrogen) atoms. The maximum Gasteiger partial charge on any atom is 0.142 e. The Morgan fingerprint density at radius 3 is 2.63 bits per heavy atom. The number of para-hydroxylation sites is 2. The van der Waals surface area contributed by atoms with E-state index in [1.807, 2.05) is 12.1 Å². The lowest BCUT2D eigenvalue weighted by Crippen LogP contribution is -2.02. The molecular weight excluding hydrogens is 268 g/mol. The average molecular weight is 281 g/mol. The maximum absolute atomic E-state index is 13.3. The van der Waals surface area contributed by atoms with Crippen LogP contribution >= 0.6 is 11.8 Å². The summed E-state index contributed by atoms with van der Waals surface area (Å²) >= 11 is 1.27. The number of halogens is 2. The lowest BCUT2D eigenvalue weighted by atomic mass is 10.3. The summed E-state index contributed by atoms with van der Waals surface area (Å²) in [7, 11) is 0. The van der Waals surface area contributed by atoms with Crippen LogP contribution < -0.4 is 10.5 Å². The minimum absolute atomic E-state index is 0.399. The molecule has 0 saturated heterocycles. The molecule has 0 amide bonds. The van der Waals surface area contributed by atoms with E-state index in [2.05, 4.69) is 0 Å². The number of hydrogen-bond donors (Lipinski definition) is 1. The van der Waals surface area contributed by atoms with E-state index in [9.17, 15) is 8.78 Å². The Kier molecular flexibility index (Phi) is 4.63. The van der Waals surface area contributed by atoms with Crippen molar-refractivity contribution in [3.05, 3.63) is 54.1 Å². The molecule has 2 aromatic carbocycles. The standard InChI is InChI=1S/C14H13F2NOS/c15-10-5-6-14(11(16)9-10)19-8-7-18-13-4-2-1-3-12(13)17/h1-6,9H,7-8,17H2. The molecule has 0 aromatic heterocycles. The molecule has 5 heteroatoms. The fraction of sp³-hybridized carbons (Fsp3) is 0.143. The molecule has 100 valence electrons. The number of ether oxygens (including phenoxy) is 1. The van der Waals surface area contributed by atoms with E-state index in [1.54, 1.807) is 12.1 Å². The second kappa shape index (κ2) is 6.43. The first-order chi connectivity index (χ1) is 9.16. The van der Waals surface area contributed by atoms with Gasteiger partial charge in [-0.15, -0.1) is 11.8 Å². The highest BCUT2D eigenvalue weighted by molar-refractivity contribution is 7.99. The number of nitrogens with two attached hydrogens (primary N) is 1. The van der Waals surface area contributed by atoms with Gasteiger partial charge in [0.25, 0.3) is 0 Å². The Labute approximate surface area is 114 Å². The molecule has 2 rings (SSSR count). The second-order valence-electron chi connectivity index (χ2n) is 3.81. The summed E-state index contributed by atoms with van der Waals surface area (Å²) in [6, 6.07) is 10.7. The maximum atomic E-state index is 13.3. The number of rotatable bonds is 5. The molecule has 0 aliphatic carbocycles. The fourth-order valence-electron chi connectivity index (χ4n) is 1.51. The van der Waals surface area contributed by atoms with E-state index in [1.165, 1.54) is 23.9 Å². The molecule has 0 unspecified atom stereocenters. The normalized spacial score (nSPS) is 10.4. The van der Waals surface area contributed by atoms with Gasteiger partial charge in [-0.05, 0) is 24.3 Å². The van der Waals surface area contributed by atoms with Gasteiger partial charge in [-0.1, -0.05) is 12.1 Å². The van der Waals surface area contributed by atoms with E-state index in [0.717, 1.165) is 6.07 Å². The zero-order valence-electron chi connectivity index (χ0n) is 10.1. The van der Waals surface area contributed by atoms with Crippen LogP contribution in [0.3, 0.4) is 0 Å². The topological polar surface area (TPSA) is 35.2 Å². The van der Waals surface area contributed by atoms with Gasteiger partial charge in [0, 0.05) is 16.7 Å². The van der Waals surface area contributed by atoms with Crippen molar-refractivity contribution in [2.24, 2.45) is 0 Å². The first kappa shape index (κ1) is 13.7. The molecule has 0 spiro atoms. The van der Waals surface area contributed by atoms with Crippen molar-refractivity contribution in [1.82, 2.24) is 0 Å². The molecule has 0 aliphatic rings. The third-order valence-corrected chi connectivity index (χ3v) is 3.42. The van der Waals surface area contributed by atoms with Crippen molar-refractivity contribution in [2.45, 2.75) is 4.90 Å². The van der Waals surface area contributed by atoms with Crippen LogP contribution in [0.1, 0.15) is 0 Å². The fourth-order valence-corrected chi connectivity index (χ4v) is 2.26.